The molecule has 1 aliphatic rings. The predicted molar refractivity (Wildman–Crippen MR) is 75.1 cm³/mol. The lowest BCUT2D eigenvalue weighted by Gasteiger charge is -2.33. The summed E-state index contributed by atoms with van der Waals surface area (Å²) >= 11 is 0. The minimum Gasteiger partial charge on any atom is -0.395 e. The topological polar surface area (TPSA) is 69.6 Å². The molecular weight excluding hydrogens is 283 g/mol. The first-order valence-electron chi connectivity index (χ1n) is 6.60. The summed E-state index contributed by atoms with van der Waals surface area (Å²) in [7, 11) is -3.85. The van der Waals surface area contributed by atoms with Crippen molar-refractivity contribution in [3.05, 3.63) is 29.6 Å². The largest absolute Gasteiger partial charge is 0.395 e. The molecule has 0 aromatic heterocycles. The van der Waals surface area contributed by atoms with E-state index in [4.69, 9.17) is 0 Å². The zero-order valence-electron chi connectivity index (χ0n) is 11.3. The number of hydrogen-bond acceptors (Lipinski definition) is 3. The Hall–Kier alpha value is -1.18. The third-order valence-corrected chi connectivity index (χ3v) is 5.03. The third kappa shape index (κ3) is 3.28. The van der Waals surface area contributed by atoms with E-state index in [1.807, 2.05) is 0 Å². The van der Waals surface area contributed by atoms with Crippen molar-refractivity contribution in [3.8, 4) is 0 Å². The van der Waals surface area contributed by atoms with Crippen molar-refractivity contribution in [2.75, 3.05) is 17.9 Å². The van der Waals surface area contributed by atoms with Gasteiger partial charge >= 0.3 is 10.2 Å². The molecule has 0 spiro atoms. The van der Waals surface area contributed by atoms with Gasteiger partial charge in [0.25, 0.3) is 0 Å². The van der Waals surface area contributed by atoms with Crippen LogP contribution in [0.5, 0.6) is 0 Å². The van der Waals surface area contributed by atoms with Crippen molar-refractivity contribution in [2.45, 2.75) is 32.2 Å². The maximum atomic E-state index is 13.7. The van der Waals surface area contributed by atoms with Crippen molar-refractivity contribution in [2.24, 2.45) is 0 Å². The molecule has 0 bridgehead atoms. The fourth-order valence-corrected chi connectivity index (χ4v) is 3.87. The Bertz CT molecular complexity index is 577. The maximum Gasteiger partial charge on any atom is 0.302 e. The number of rotatable bonds is 4. The number of hydrogen-bond donors (Lipinski definition) is 2. The standard InChI is InChI=1S/C13H19FN2O3S/c1-10-5-6-12(14)13(8-10)15-20(18,19)16-7-3-2-4-11(16)9-17/h5-6,8,11,15,17H,2-4,7,9H2,1H3. The molecule has 1 aromatic carbocycles. The molecule has 5 nitrogen and oxygen atoms in total. The lowest BCUT2D eigenvalue weighted by molar-refractivity contribution is 0.156. The summed E-state index contributed by atoms with van der Waals surface area (Å²) in [5.74, 6) is -0.614. The summed E-state index contributed by atoms with van der Waals surface area (Å²) in [4.78, 5) is 0. The summed E-state index contributed by atoms with van der Waals surface area (Å²) in [6, 6.07) is 3.82. The van der Waals surface area contributed by atoms with Gasteiger partial charge in [-0.2, -0.15) is 12.7 Å². The van der Waals surface area contributed by atoms with Crippen LogP contribution in [0.3, 0.4) is 0 Å². The summed E-state index contributed by atoms with van der Waals surface area (Å²) in [6.45, 7) is 1.87. The molecule has 2 N–H and O–H groups in total. The van der Waals surface area contributed by atoms with E-state index in [0.717, 1.165) is 18.4 Å². The van der Waals surface area contributed by atoms with Gasteiger partial charge in [-0.15, -0.1) is 0 Å². The fraction of sp³-hybridized carbons (Fsp3) is 0.538. The molecule has 7 heteroatoms. The van der Waals surface area contributed by atoms with Crippen LogP contribution in [-0.2, 0) is 10.2 Å². The number of nitrogens with one attached hydrogen (secondary N) is 1. The number of nitrogens with zero attached hydrogens (tertiary/aromatic N) is 1. The lowest BCUT2D eigenvalue weighted by atomic mass is 10.1. The minimum atomic E-state index is -3.85. The van der Waals surface area contributed by atoms with Crippen LogP contribution < -0.4 is 4.72 Å². The molecule has 1 saturated heterocycles. The van der Waals surface area contributed by atoms with Crippen LogP contribution in [0, 0.1) is 12.7 Å². The summed E-state index contributed by atoms with van der Waals surface area (Å²) in [6.07, 6.45) is 2.25. The second kappa shape index (κ2) is 6.07. The fourth-order valence-electron chi connectivity index (χ4n) is 2.39. The van der Waals surface area contributed by atoms with Gasteiger partial charge in [-0.1, -0.05) is 12.5 Å². The van der Waals surface area contributed by atoms with E-state index in [9.17, 15) is 17.9 Å². The normalized spacial score (nSPS) is 20.9. The van der Waals surface area contributed by atoms with Crippen LogP contribution in [0.2, 0.25) is 0 Å². The zero-order chi connectivity index (χ0) is 14.8. The van der Waals surface area contributed by atoms with Crippen molar-refractivity contribution in [1.29, 1.82) is 0 Å². The van der Waals surface area contributed by atoms with Gasteiger partial charge in [0.2, 0.25) is 0 Å². The van der Waals surface area contributed by atoms with Crippen LogP contribution >= 0.6 is 0 Å². The molecule has 0 saturated carbocycles. The number of piperidine rings is 1. The molecular formula is C13H19FN2O3S. The first kappa shape index (κ1) is 15.2. The van der Waals surface area contributed by atoms with Gasteiger partial charge in [0.1, 0.15) is 5.82 Å². The highest BCUT2D eigenvalue weighted by Crippen LogP contribution is 2.23. The van der Waals surface area contributed by atoms with Gasteiger partial charge in [-0.3, -0.25) is 4.72 Å². The first-order chi connectivity index (χ1) is 9.44. The van der Waals surface area contributed by atoms with Gasteiger partial charge in [-0.25, -0.2) is 4.39 Å². The predicted octanol–water partition coefficient (Wildman–Crippen LogP) is 1.64. The lowest BCUT2D eigenvalue weighted by Crippen LogP contribution is -2.48. The third-order valence-electron chi connectivity index (χ3n) is 3.45. The van der Waals surface area contributed by atoms with E-state index >= 15 is 0 Å². The average molecular weight is 302 g/mol. The van der Waals surface area contributed by atoms with E-state index in [-0.39, 0.29) is 12.3 Å². The van der Waals surface area contributed by atoms with Gasteiger partial charge in [-0.05, 0) is 37.5 Å². The van der Waals surface area contributed by atoms with E-state index in [2.05, 4.69) is 4.72 Å². The SMILES string of the molecule is Cc1ccc(F)c(NS(=O)(=O)N2CCCCC2CO)c1. The number of aliphatic hydroxyl groups is 1. The molecule has 20 heavy (non-hydrogen) atoms. The Kier molecular flexibility index (Phi) is 4.62. The number of anilines is 1. The van der Waals surface area contributed by atoms with Crippen molar-refractivity contribution >= 4 is 15.9 Å². The molecule has 0 radical (unpaired) electrons. The quantitative estimate of drug-likeness (QED) is 0.888. The van der Waals surface area contributed by atoms with Crippen LogP contribution in [0.15, 0.2) is 18.2 Å². The van der Waals surface area contributed by atoms with Gasteiger partial charge in [0.15, 0.2) is 0 Å². The molecule has 1 aliphatic heterocycles. The molecule has 112 valence electrons. The summed E-state index contributed by atoms with van der Waals surface area (Å²) in [5, 5.41) is 9.28. The molecule has 1 fully saturated rings. The van der Waals surface area contributed by atoms with Crippen LogP contribution in [0.1, 0.15) is 24.8 Å². The average Bonchev–Trinajstić information content (AvgIpc) is 2.42. The second-order valence-electron chi connectivity index (χ2n) is 5.03. The maximum absolute atomic E-state index is 13.7. The smallest absolute Gasteiger partial charge is 0.302 e. The molecule has 1 unspecified atom stereocenters. The highest BCUT2D eigenvalue weighted by molar-refractivity contribution is 7.90. The van der Waals surface area contributed by atoms with Crippen LogP contribution in [0.25, 0.3) is 0 Å². The highest BCUT2D eigenvalue weighted by Gasteiger charge is 2.32. The second-order valence-corrected chi connectivity index (χ2v) is 6.66. The van der Waals surface area contributed by atoms with E-state index in [0.29, 0.717) is 13.0 Å². The molecule has 1 aromatic rings. The van der Waals surface area contributed by atoms with E-state index in [1.165, 1.54) is 16.4 Å². The summed E-state index contributed by atoms with van der Waals surface area (Å²) < 4.78 is 41.8. The van der Waals surface area contributed by atoms with Crippen LogP contribution in [0.4, 0.5) is 10.1 Å². The Balaban J connectivity index is 2.24. The van der Waals surface area contributed by atoms with E-state index < -0.39 is 22.1 Å². The van der Waals surface area contributed by atoms with Crippen LogP contribution in [-0.4, -0.2) is 37.0 Å². The van der Waals surface area contributed by atoms with Gasteiger partial charge < -0.3 is 5.11 Å². The van der Waals surface area contributed by atoms with Crippen molar-refractivity contribution in [3.63, 3.8) is 0 Å². The van der Waals surface area contributed by atoms with Gasteiger partial charge in [0, 0.05) is 12.6 Å². The first-order valence-corrected chi connectivity index (χ1v) is 8.04. The number of aryl methyl sites for hydroxylation is 1. The van der Waals surface area contributed by atoms with Gasteiger partial charge in [0.05, 0.1) is 12.3 Å². The molecule has 1 heterocycles. The molecule has 0 amide bonds. The summed E-state index contributed by atoms with van der Waals surface area (Å²) in [5.41, 5.74) is 0.703. The molecule has 1 atom stereocenters. The van der Waals surface area contributed by atoms with Crippen molar-refractivity contribution in [1.82, 2.24) is 4.31 Å². The van der Waals surface area contributed by atoms with E-state index in [1.54, 1.807) is 13.0 Å². The monoisotopic (exact) mass is 302 g/mol. The zero-order valence-corrected chi connectivity index (χ0v) is 12.2. The number of benzene rings is 1. The number of halogens is 1. The molecule has 2 rings (SSSR count). The Morgan fingerprint density at radius 2 is 2.20 bits per heavy atom. The Morgan fingerprint density at radius 3 is 2.90 bits per heavy atom. The van der Waals surface area contributed by atoms with Crippen molar-refractivity contribution < 1.29 is 17.9 Å². The number of aliphatic hydroxyl groups excluding tert-OH is 1. The Morgan fingerprint density at radius 1 is 1.45 bits per heavy atom. The highest BCUT2D eigenvalue weighted by atomic mass is 32.2. The molecule has 0 aliphatic carbocycles. The minimum absolute atomic E-state index is 0.0627. The Labute approximate surface area is 118 Å².